The fourth-order valence-corrected chi connectivity index (χ4v) is 11.7. The SMILES string of the molecule is CCCCCC/C=C\C=C/CCCCCCCC(=O)OC[C@H](COP(=O)(O)OC[C@@H](O)COP(=O)(O)OC[C@@H](COC(=O)CCCCCCCCCCC)OC(=O)CCCCCCCCCCCCCCC)OC(=O)CCCCCCC/C=C\C=C/CCCCCC. The van der Waals surface area contributed by atoms with Crippen molar-refractivity contribution in [3.8, 4) is 0 Å². The van der Waals surface area contributed by atoms with E-state index in [4.69, 9.17) is 37.0 Å². The number of ether oxygens (including phenoxy) is 4. The van der Waals surface area contributed by atoms with Crippen molar-refractivity contribution in [2.45, 2.75) is 354 Å². The van der Waals surface area contributed by atoms with Gasteiger partial charge in [-0.25, -0.2) is 9.13 Å². The van der Waals surface area contributed by atoms with Crippen LogP contribution in [0.2, 0.25) is 0 Å². The van der Waals surface area contributed by atoms with Crippen LogP contribution < -0.4 is 0 Å². The van der Waals surface area contributed by atoms with E-state index in [9.17, 15) is 43.2 Å². The van der Waals surface area contributed by atoms with Gasteiger partial charge < -0.3 is 33.8 Å². The Morgan fingerprint density at radius 1 is 0.304 bits per heavy atom. The third-order valence-corrected chi connectivity index (χ3v) is 17.8. The summed E-state index contributed by atoms with van der Waals surface area (Å²) in [6, 6.07) is 0. The van der Waals surface area contributed by atoms with E-state index in [0.29, 0.717) is 25.7 Å². The fraction of sp³-hybridized carbons (Fsp3) is 0.836. The maximum atomic E-state index is 13.0. The second-order valence-corrected chi connectivity index (χ2v) is 27.9. The average molecular weight is 1350 g/mol. The number of phosphoric acid groups is 2. The van der Waals surface area contributed by atoms with Gasteiger partial charge in [-0.05, 0) is 77.0 Å². The van der Waals surface area contributed by atoms with Crippen molar-refractivity contribution in [3.63, 3.8) is 0 Å². The van der Waals surface area contributed by atoms with Crippen LogP contribution >= 0.6 is 15.6 Å². The molecule has 0 rings (SSSR count). The lowest BCUT2D eigenvalue weighted by Crippen LogP contribution is -2.30. The summed E-state index contributed by atoms with van der Waals surface area (Å²) in [5.41, 5.74) is 0. The van der Waals surface area contributed by atoms with Gasteiger partial charge in [0.15, 0.2) is 12.2 Å². The first-order chi connectivity index (χ1) is 44.7. The molecule has 0 radical (unpaired) electrons. The van der Waals surface area contributed by atoms with Gasteiger partial charge in [0.25, 0.3) is 0 Å². The molecule has 0 heterocycles. The predicted molar refractivity (Wildman–Crippen MR) is 372 cm³/mol. The normalized spacial score (nSPS) is 14.3. The van der Waals surface area contributed by atoms with E-state index in [-0.39, 0.29) is 25.7 Å². The van der Waals surface area contributed by atoms with Crippen LogP contribution in [0.1, 0.15) is 336 Å². The maximum Gasteiger partial charge on any atom is 0.472 e. The van der Waals surface area contributed by atoms with Crippen LogP contribution in [0.25, 0.3) is 0 Å². The molecule has 3 N–H and O–H groups in total. The van der Waals surface area contributed by atoms with Gasteiger partial charge in [0, 0.05) is 25.7 Å². The average Bonchev–Trinajstić information content (AvgIpc) is 2.27. The molecule has 0 bridgehead atoms. The first-order valence-corrected chi connectivity index (χ1v) is 39.9. The molecule has 19 heteroatoms. The van der Waals surface area contributed by atoms with Gasteiger partial charge in [-0.2, -0.15) is 0 Å². The highest BCUT2D eigenvalue weighted by atomic mass is 31.2. The molecular weight excluding hydrogens is 1210 g/mol. The predicted octanol–water partition coefficient (Wildman–Crippen LogP) is 20.6. The molecule has 0 aliphatic carbocycles. The number of hydrogen-bond donors (Lipinski definition) is 3. The molecular formula is C73H134O17P2. The molecule has 5 atom stereocenters. The quantitative estimate of drug-likeness (QED) is 0.0169. The largest absolute Gasteiger partial charge is 0.472 e. The highest BCUT2D eigenvalue weighted by Gasteiger charge is 2.30. The summed E-state index contributed by atoms with van der Waals surface area (Å²) >= 11 is 0. The number of aliphatic hydroxyl groups excluding tert-OH is 1. The van der Waals surface area contributed by atoms with E-state index in [2.05, 4.69) is 76.3 Å². The van der Waals surface area contributed by atoms with Crippen LogP contribution in [-0.4, -0.2) is 96.7 Å². The molecule has 0 aromatic heterocycles. The summed E-state index contributed by atoms with van der Waals surface area (Å²) in [4.78, 5) is 72.6. The topological polar surface area (TPSA) is 237 Å². The molecule has 0 aliphatic rings. The Morgan fingerprint density at radius 2 is 0.522 bits per heavy atom. The van der Waals surface area contributed by atoms with Crippen LogP contribution in [-0.2, 0) is 65.4 Å². The lowest BCUT2D eigenvalue weighted by Gasteiger charge is -2.21. The van der Waals surface area contributed by atoms with Crippen LogP contribution in [0.5, 0.6) is 0 Å². The summed E-state index contributed by atoms with van der Waals surface area (Å²) in [5.74, 6) is -2.18. The Hall–Kier alpha value is -2.98. The third-order valence-electron chi connectivity index (χ3n) is 15.9. The first kappa shape index (κ1) is 89.0. The minimum atomic E-state index is -4.97. The monoisotopic (exact) mass is 1340 g/mol. The van der Waals surface area contributed by atoms with Crippen molar-refractivity contribution in [1.29, 1.82) is 0 Å². The van der Waals surface area contributed by atoms with E-state index in [0.717, 1.165) is 122 Å². The zero-order chi connectivity index (χ0) is 67.5. The van der Waals surface area contributed by atoms with E-state index in [1.54, 1.807) is 0 Å². The minimum absolute atomic E-state index is 0.0785. The number of esters is 4. The summed E-state index contributed by atoms with van der Waals surface area (Å²) in [7, 11) is -9.93. The molecule has 0 saturated carbocycles. The Labute approximate surface area is 559 Å². The molecule has 0 aromatic carbocycles. The number of carbonyl (C=O) groups is 4. The zero-order valence-corrected chi connectivity index (χ0v) is 60.3. The number of hydrogen-bond acceptors (Lipinski definition) is 15. The van der Waals surface area contributed by atoms with Crippen molar-refractivity contribution in [2.75, 3.05) is 39.6 Å². The Kier molecular flexibility index (Phi) is 64.5. The van der Waals surface area contributed by atoms with Crippen LogP contribution in [0.4, 0.5) is 0 Å². The molecule has 0 saturated heterocycles. The highest BCUT2D eigenvalue weighted by Crippen LogP contribution is 2.45. The van der Waals surface area contributed by atoms with E-state index < -0.39 is 97.5 Å². The van der Waals surface area contributed by atoms with E-state index >= 15 is 0 Å². The Bertz CT molecular complexity index is 1940. The van der Waals surface area contributed by atoms with Crippen molar-refractivity contribution < 1.29 is 80.2 Å². The third kappa shape index (κ3) is 65.7. The lowest BCUT2D eigenvalue weighted by molar-refractivity contribution is -0.161. The number of allylic oxidation sites excluding steroid dienone is 8. The second-order valence-electron chi connectivity index (χ2n) is 25.0. The standard InChI is InChI=1S/C73H134O17P2/c1-5-9-13-17-21-25-28-31-33-36-38-42-46-50-54-58-71(76)84-64-69(90-73(78)60-56-52-48-44-40-37-34-32-29-26-22-18-14-10-6-2)66-88-92(81,82)86-62-67(74)61-85-91(79,80)87-65-68(63-83-70(75)57-53-49-45-41-24-20-16-12-8-4)89-72(77)59-55-51-47-43-39-35-30-27-23-19-15-11-7-3/h25-26,28-29,31-34,67-69,74H,5-24,27,30,35-66H2,1-4H3,(H,79,80)(H,81,82)/b28-25-,29-26-,33-31-,34-32-/t67-,68+,69+/m0/s1. The van der Waals surface area contributed by atoms with Crippen LogP contribution in [0, 0.1) is 0 Å². The van der Waals surface area contributed by atoms with Gasteiger partial charge in [0.1, 0.15) is 19.3 Å². The van der Waals surface area contributed by atoms with E-state index in [1.807, 2.05) is 0 Å². The highest BCUT2D eigenvalue weighted by molar-refractivity contribution is 7.47. The molecule has 92 heavy (non-hydrogen) atoms. The molecule has 0 amide bonds. The maximum absolute atomic E-state index is 13.0. The molecule has 0 spiro atoms. The number of aliphatic hydroxyl groups is 1. The molecule has 17 nitrogen and oxygen atoms in total. The number of unbranched alkanes of at least 4 members (excludes halogenated alkanes) is 38. The van der Waals surface area contributed by atoms with Crippen molar-refractivity contribution >= 4 is 39.5 Å². The smallest absolute Gasteiger partial charge is 0.462 e. The van der Waals surface area contributed by atoms with Crippen LogP contribution in [0.3, 0.4) is 0 Å². The van der Waals surface area contributed by atoms with E-state index in [1.165, 1.54) is 135 Å². The van der Waals surface area contributed by atoms with Crippen LogP contribution in [0.15, 0.2) is 48.6 Å². The van der Waals surface area contributed by atoms with Gasteiger partial charge in [-0.15, -0.1) is 0 Å². The second kappa shape index (κ2) is 66.6. The van der Waals surface area contributed by atoms with Crippen molar-refractivity contribution in [1.82, 2.24) is 0 Å². The zero-order valence-electron chi connectivity index (χ0n) is 58.5. The van der Waals surface area contributed by atoms with Crippen molar-refractivity contribution in [2.24, 2.45) is 0 Å². The van der Waals surface area contributed by atoms with Gasteiger partial charge in [0.2, 0.25) is 0 Å². The van der Waals surface area contributed by atoms with Gasteiger partial charge in [-0.3, -0.25) is 37.3 Å². The van der Waals surface area contributed by atoms with Gasteiger partial charge in [-0.1, -0.05) is 282 Å². The molecule has 0 fully saturated rings. The molecule has 0 aliphatic heterocycles. The molecule has 2 unspecified atom stereocenters. The summed E-state index contributed by atoms with van der Waals surface area (Å²) < 4.78 is 68.3. The van der Waals surface area contributed by atoms with Crippen molar-refractivity contribution in [3.05, 3.63) is 48.6 Å². The Balaban J connectivity index is 5.31. The summed E-state index contributed by atoms with van der Waals surface area (Å²) in [6.07, 6.45) is 61.1. The first-order valence-electron chi connectivity index (χ1n) is 36.9. The molecule has 0 aromatic rings. The van der Waals surface area contributed by atoms with Gasteiger partial charge >= 0.3 is 39.5 Å². The van der Waals surface area contributed by atoms with Gasteiger partial charge in [0.05, 0.1) is 26.4 Å². The fourth-order valence-electron chi connectivity index (χ4n) is 10.1. The number of carbonyl (C=O) groups excluding carboxylic acids is 4. The lowest BCUT2D eigenvalue weighted by atomic mass is 10.0. The number of phosphoric ester groups is 2. The summed E-state index contributed by atoms with van der Waals surface area (Å²) in [5, 5.41) is 10.6. The number of rotatable bonds is 70. The summed E-state index contributed by atoms with van der Waals surface area (Å²) in [6.45, 7) is 4.82. The minimum Gasteiger partial charge on any atom is -0.462 e. The molecule has 538 valence electrons. The Morgan fingerprint density at radius 3 is 0.793 bits per heavy atom.